The van der Waals surface area contributed by atoms with E-state index < -0.39 is 0 Å². The van der Waals surface area contributed by atoms with E-state index in [9.17, 15) is 0 Å². The van der Waals surface area contributed by atoms with E-state index in [1.807, 2.05) is 19.2 Å². The minimum atomic E-state index is 0.265. The van der Waals surface area contributed by atoms with Crippen molar-refractivity contribution in [3.05, 3.63) is 23.8 Å². The zero-order valence-corrected chi connectivity index (χ0v) is 9.13. The van der Waals surface area contributed by atoms with Gasteiger partial charge < -0.3 is 0 Å². The molecule has 0 amide bonds. The van der Waals surface area contributed by atoms with Gasteiger partial charge in [-0.1, -0.05) is 27.7 Å². The smallest absolute Gasteiger partial charge is 0.125 e. The van der Waals surface area contributed by atoms with Crippen LogP contribution in [0.3, 0.4) is 0 Å². The standard InChI is InChI=1S/C11H18N2/c1-8(11(3,4)5)10-6-7-12-9(2)13-10/h6-8H,1-5H3. The molecule has 0 bridgehead atoms. The predicted molar refractivity (Wildman–Crippen MR) is 54.6 cm³/mol. The molecular formula is C11H18N2. The Morgan fingerprint density at radius 2 is 1.92 bits per heavy atom. The fraction of sp³-hybridized carbons (Fsp3) is 0.636. The normalized spacial score (nSPS) is 14.2. The van der Waals surface area contributed by atoms with Gasteiger partial charge in [0.05, 0.1) is 0 Å². The molecule has 0 N–H and O–H groups in total. The van der Waals surface area contributed by atoms with Gasteiger partial charge in [0.25, 0.3) is 0 Å². The van der Waals surface area contributed by atoms with Crippen LogP contribution in [0.4, 0.5) is 0 Å². The average molecular weight is 178 g/mol. The monoisotopic (exact) mass is 178 g/mol. The second kappa shape index (κ2) is 3.44. The summed E-state index contributed by atoms with van der Waals surface area (Å²) < 4.78 is 0. The van der Waals surface area contributed by atoms with Gasteiger partial charge in [-0.25, -0.2) is 9.97 Å². The maximum absolute atomic E-state index is 4.43. The van der Waals surface area contributed by atoms with Crippen LogP contribution in [0.15, 0.2) is 12.3 Å². The van der Waals surface area contributed by atoms with Gasteiger partial charge in [0, 0.05) is 17.8 Å². The zero-order valence-electron chi connectivity index (χ0n) is 9.13. The molecule has 0 aliphatic rings. The minimum Gasteiger partial charge on any atom is -0.242 e. The van der Waals surface area contributed by atoms with Crippen LogP contribution in [-0.4, -0.2) is 9.97 Å². The van der Waals surface area contributed by atoms with Crippen molar-refractivity contribution < 1.29 is 0 Å². The van der Waals surface area contributed by atoms with E-state index in [-0.39, 0.29) is 5.41 Å². The molecule has 0 aliphatic heterocycles. The van der Waals surface area contributed by atoms with Gasteiger partial charge >= 0.3 is 0 Å². The van der Waals surface area contributed by atoms with Gasteiger partial charge in [-0.15, -0.1) is 0 Å². The van der Waals surface area contributed by atoms with Crippen LogP contribution < -0.4 is 0 Å². The molecule has 1 heterocycles. The molecule has 2 heteroatoms. The average Bonchev–Trinajstić information content (AvgIpc) is 2.01. The van der Waals surface area contributed by atoms with Crippen LogP contribution in [0.25, 0.3) is 0 Å². The maximum atomic E-state index is 4.43. The zero-order chi connectivity index (χ0) is 10.1. The molecule has 0 spiro atoms. The largest absolute Gasteiger partial charge is 0.242 e. The van der Waals surface area contributed by atoms with Crippen molar-refractivity contribution in [2.24, 2.45) is 5.41 Å². The first kappa shape index (κ1) is 10.2. The van der Waals surface area contributed by atoms with Crippen molar-refractivity contribution in [3.8, 4) is 0 Å². The lowest BCUT2D eigenvalue weighted by atomic mass is 9.80. The van der Waals surface area contributed by atoms with Gasteiger partial charge in [0.15, 0.2) is 0 Å². The van der Waals surface area contributed by atoms with Gasteiger partial charge in [-0.3, -0.25) is 0 Å². The molecule has 1 aromatic heterocycles. The topological polar surface area (TPSA) is 25.8 Å². The van der Waals surface area contributed by atoms with Crippen molar-refractivity contribution in [2.75, 3.05) is 0 Å². The molecular weight excluding hydrogens is 160 g/mol. The summed E-state index contributed by atoms with van der Waals surface area (Å²) in [7, 11) is 0. The Morgan fingerprint density at radius 1 is 1.31 bits per heavy atom. The highest BCUT2D eigenvalue weighted by Gasteiger charge is 2.22. The quantitative estimate of drug-likeness (QED) is 0.660. The van der Waals surface area contributed by atoms with E-state index >= 15 is 0 Å². The van der Waals surface area contributed by atoms with Crippen molar-refractivity contribution in [1.82, 2.24) is 9.97 Å². The first-order valence-corrected chi connectivity index (χ1v) is 4.71. The summed E-state index contributed by atoms with van der Waals surface area (Å²) in [5.74, 6) is 1.32. The van der Waals surface area contributed by atoms with Crippen molar-refractivity contribution in [3.63, 3.8) is 0 Å². The highest BCUT2D eigenvalue weighted by atomic mass is 14.9. The molecule has 13 heavy (non-hydrogen) atoms. The second-order valence-corrected chi connectivity index (χ2v) is 4.62. The molecule has 1 aromatic rings. The van der Waals surface area contributed by atoms with E-state index in [1.165, 1.54) is 0 Å². The molecule has 1 atom stereocenters. The van der Waals surface area contributed by atoms with E-state index in [2.05, 4.69) is 37.7 Å². The molecule has 2 nitrogen and oxygen atoms in total. The third-order valence-corrected chi connectivity index (χ3v) is 2.54. The molecule has 0 saturated heterocycles. The lowest BCUT2D eigenvalue weighted by molar-refractivity contribution is 0.333. The van der Waals surface area contributed by atoms with Gasteiger partial charge in [0.1, 0.15) is 5.82 Å². The van der Waals surface area contributed by atoms with Crippen LogP contribution >= 0.6 is 0 Å². The number of hydrogen-bond donors (Lipinski definition) is 0. The highest BCUT2D eigenvalue weighted by Crippen LogP contribution is 2.32. The fourth-order valence-corrected chi connectivity index (χ4v) is 1.16. The third-order valence-electron chi connectivity index (χ3n) is 2.54. The first-order valence-electron chi connectivity index (χ1n) is 4.71. The predicted octanol–water partition coefficient (Wildman–Crippen LogP) is 2.93. The number of nitrogens with zero attached hydrogens (tertiary/aromatic N) is 2. The van der Waals surface area contributed by atoms with Crippen LogP contribution in [0.2, 0.25) is 0 Å². The summed E-state index contributed by atoms with van der Waals surface area (Å²) in [5.41, 5.74) is 1.40. The van der Waals surface area contributed by atoms with Crippen LogP contribution in [0.5, 0.6) is 0 Å². The fourth-order valence-electron chi connectivity index (χ4n) is 1.16. The molecule has 1 rings (SSSR count). The van der Waals surface area contributed by atoms with Crippen molar-refractivity contribution in [1.29, 1.82) is 0 Å². The Balaban J connectivity index is 2.96. The number of rotatable bonds is 1. The molecule has 0 aromatic carbocycles. The van der Waals surface area contributed by atoms with E-state index in [0.717, 1.165) is 11.5 Å². The number of aryl methyl sites for hydroxylation is 1. The van der Waals surface area contributed by atoms with Crippen molar-refractivity contribution >= 4 is 0 Å². The van der Waals surface area contributed by atoms with E-state index in [0.29, 0.717) is 5.92 Å². The lowest BCUT2D eigenvalue weighted by Gasteiger charge is -2.26. The molecule has 0 radical (unpaired) electrons. The van der Waals surface area contributed by atoms with Crippen LogP contribution in [-0.2, 0) is 0 Å². The summed E-state index contributed by atoms with van der Waals surface area (Å²) in [5, 5.41) is 0. The Hall–Kier alpha value is -0.920. The summed E-state index contributed by atoms with van der Waals surface area (Å²) in [6.45, 7) is 10.8. The second-order valence-electron chi connectivity index (χ2n) is 4.62. The minimum absolute atomic E-state index is 0.265. The maximum Gasteiger partial charge on any atom is 0.125 e. The van der Waals surface area contributed by atoms with Gasteiger partial charge in [0.2, 0.25) is 0 Å². The third kappa shape index (κ3) is 2.51. The SMILES string of the molecule is Cc1nccc(C(C)C(C)(C)C)n1. The van der Waals surface area contributed by atoms with E-state index in [4.69, 9.17) is 0 Å². The summed E-state index contributed by atoms with van der Waals surface area (Å²) in [6, 6.07) is 2.00. The molecule has 1 unspecified atom stereocenters. The number of hydrogen-bond acceptors (Lipinski definition) is 2. The first-order chi connectivity index (χ1) is 5.91. The molecule has 0 fully saturated rings. The van der Waals surface area contributed by atoms with Crippen molar-refractivity contribution in [2.45, 2.75) is 40.5 Å². The van der Waals surface area contributed by atoms with Crippen LogP contribution in [0.1, 0.15) is 45.1 Å². The van der Waals surface area contributed by atoms with Gasteiger partial charge in [-0.05, 0) is 18.4 Å². The lowest BCUT2D eigenvalue weighted by Crippen LogP contribution is -2.16. The molecule has 0 aliphatic carbocycles. The Labute approximate surface area is 80.4 Å². The summed E-state index contributed by atoms with van der Waals surface area (Å²) in [4.78, 5) is 8.52. The molecule has 72 valence electrons. The number of aromatic nitrogens is 2. The Morgan fingerprint density at radius 3 is 2.38 bits per heavy atom. The van der Waals surface area contributed by atoms with E-state index in [1.54, 1.807) is 0 Å². The Kier molecular flexibility index (Phi) is 2.69. The highest BCUT2D eigenvalue weighted by molar-refractivity contribution is 5.09. The molecule has 0 saturated carbocycles. The summed E-state index contributed by atoms with van der Waals surface area (Å²) in [6.07, 6.45) is 1.83. The van der Waals surface area contributed by atoms with Crippen LogP contribution in [0, 0.1) is 12.3 Å². The Bertz CT molecular complexity index is 286. The van der Waals surface area contributed by atoms with Gasteiger partial charge in [-0.2, -0.15) is 0 Å². The summed E-state index contributed by atoms with van der Waals surface area (Å²) >= 11 is 0.